The van der Waals surface area contributed by atoms with Gasteiger partial charge in [-0.05, 0) is 40.0 Å². The van der Waals surface area contributed by atoms with E-state index in [0.717, 1.165) is 42.4 Å². The zero-order chi connectivity index (χ0) is 17.5. The first-order valence-electron chi connectivity index (χ1n) is 8.56. The molecular formula is C19H25BrIN3OS. The Labute approximate surface area is 185 Å². The molecule has 0 radical (unpaired) electrons. The molecule has 2 heterocycles. The van der Waals surface area contributed by atoms with Crippen molar-refractivity contribution in [2.45, 2.75) is 19.6 Å². The number of hydrogen-bond donors (Lipinski definition) is 1. The van der Waals surface area contributed by atoms with Gasteiger partial charge < -0.3 is 15.0 Å². The number of aliphatic imine (C=N–C) groups is 1. The molecule has 1 saturated heterocycles. The Kier molecular flexibility index (Phi) is 9.38. The largest absolute Gasteiger partial charge is 0.376 e. The van der Waals surface area contributed by atoms with Gasteiger partial charge in [0.2, 0.25) is 0 Å². The van der Waals surface area contributed by atoms with Crippen molar-refractivity contribution >= 4 is 57.2 Å². The zero-order valence-corrected chi connectivity index (χ0v) is 19.6. The first-order valence-corrected chi connectivity index (χ1v) is 10.2. The summed E-state index contributed by atoms with van der Waals surface area (Å²) in [5, 5.41) is 3.47. The molecule has 0 bridgehead atoms. The maximum atomic E-state index is 5.91. The third-order valence-corrected chi connectivity index (χ3v) is 5.94. The number of thiophene rings is 1. The third kappa shape index (κ3) is 6.51. The summed E-state index contributed by atoms with van der Waals surface area (Å²) in [6.07, 6.45) is 1.15. The van der Waals surface area contributed by atoms with Crippen LogP contribution in [0.2, 0.25) is 0 Å². The molecule has 0 amide bonds. The van der Waals surface area contributed by atoms with Crippen LogP contribution in [-0.2, 0) is 17.9 Å². The first kappa shape index (κ1) is 21.7. The van der Waals surface area contributed by atoms with Crippen LogP contribution in [-0.4, -0.2) is 37.6 Å². The number of likely N-dealkylation sites (tertiary alicyclic amines) is 1. The smallest absolute Gasteiger partial charge is 0.193 e. The van der Waals surface area contributed by atoms with Gasteiger partial charge in [-0.2, -0.15) is 0 Å². The highest BCUT2D eigenvalue weighted by molar-refractivity contribution is 14.0. The van der Waals surface area contributed by atoms with Gasteiger partial charge in [0.15, 0.2) is 5.96 Å². The van der Waals surface area contributed by atoms with E-state index in [1.54, 1.807) is 11.3 Å². The Morgan fingerprint density at radius 1 is 1.31 bits per heavy atom. The van der Waals surface area contributed by atoms with Crippen molar-refractivity contribution in [3.63, 3.8) is 0 Å². The third-order valence-electron chi connectivity index (χ3n) is 4.31. The predicted molar refractivity (Wildman–Crippen MR) is 123 cm³/mol. The zero-order valence-electron chi connectivity index (χ0n) is 14.9. The van der Waals surface area contributed by atoms with Crippen LogP contribution in [0.25, 0.3) is 0 Å². The summed E-state index contributed by atoms with van der Waals surface area (Å²) in [5.74, 6) is 1.55. The molecule has 0 spiro atoms. The second-order valence-electron chi connectivity index (χ2n) is 6.21. The average Bonchev–Trinajstić information content (AvgIpc) is 3.26. The molecule has 142 valence electrons. The molecule has 7 heteroatoms. The summed E-state index contributed by atoms with van der Waals surface area (Å²) >= 11 is 5.26. The Bertz CT molecular complexity index is 695. The lowest BCUT2D eigenvalue weighted by molar-refractivity contribution is 0.0906. The van der Waals surface area contributed by atoms with E-state index in [4.69, 9.17) is 4.74 Å². The number of benzene rings is 1. The van der Waals surface area contributed by atoms with Crippen molar-refractivity contribution < 1.29 is 4.74 Å². The van der Waals surface area contributed by atoms with Gasteiger partial charge in [-0.15, -0.1) is 35.3 Å². The highest BCUT2D eigenvalue weighted by atomic mass is 127. The summed E-state index contributed by atoms with van der Waals surface area (Å²) in [6.45, 7) is 4.35. The maximum Gasteiger partial charge on any atom is 0.193 e. The van der Waals surface area contributed by atoms with E-state index in [-0.39, 0.29) is 24.0 Å². The van der Waals surface area contributed by atoms with Crippen LogP contribution in [0.15, 0.2) is 51.2 Å². The fourth-order valence-corrected chi connectivity index (χ4v) is 4.45. The molecule has 4 nitrogen and oxygen atoms in total. The maximum absolute atomic E-state index is 5.91. The second-order valence-corrected chi connectivity index (χ2v) is 8.76. The minimum absolute atomic E-state index is 0. The van der Waals surface area contributed by atoms with E-state index in [9.17, 15) is 0 Å². The summed E-state index contributed by atoms with van der Waals surface area (Å²) in [6, 6.07) is 14.6. The summed E-state index contributed by atoms with van der Waals surface area (Å²) in [5.41, 5.74) is 1.23. The Morgan fingerprint density at radius 2 is 2.12 bits per heavy atom. The van der Waals surface area contributed by atoms with Gasteiger partial charge in [-0.1, -0.05) is 30.3 Å². The molecule has 1 unspecified atom stereocenters. The van der Waals surface area contributed by atoms with Crippen molar-refractivity contribution in [3.05, 3.63) is 56.7 Å². The van der Waals surface area contributed by atoms with Crippen molar-refractivity contribution in [3.8, 4) is 0 Å². The van der Waals surface area contributed by atoms with Crippen LogP contribution < -0.4 is 5.32 Å². The van der Waals surface area contributed by atoms with Crippen LogP contribution in [0.3, 0.4) is 0 Å². The molecule has 1 N–H and O–H groups in total. The minimum atomic E-state index is 0. The summed E-state index contributed by atoms with van der Waals surface area (Å²) < 4.78 is 7.07. The predicted octanol–water partition coefficient (Wildman–Crippen LogP) is 4.74. The Hall–Kier alpha value is -0.640. The lowest BCUT2D eigenvalue weighted by Crippen LogP contribution is -2.39. The molecular weight excluding hydrogens is 525 g/mol. The Balaban J connectivity index is 0.00000243. The first-order chi connectivity index (χ1) is 12.2. The van der Waals surface area contributed by atoms with Gasteiger partial charge in [0.1, 0.15) is 0 Å². The van der Waals surface area contributed by atoms with Crippen molar-refractivity contribution in [1.82, 2.24) is 10.2 Å². The minimum Gasteiger partial charge on any atom is -0.376 e. The molecule has 1 aliphatic rings. The van der Waals surface area contributed by atoms with Crippen LogP contribution >= 0.6 is 51.2 Å². The quantitative estimate of drug-likeness (QED) is 0.321. The number of halogens is 2. The number of nitrogens with zero attached hydrogens (tertiary/aromatic N) is 2. The normalized spacial score (nSPS) is 17.2. The lowest BCUT2D eigenvalue weighted by Gasteiger charge is -2.21. The molecule has 1 aliphatic heterocycles. The molecule has 26 heavy (non-hydrogen) atoms. The van der Waals surface area contributed by atoms with Gasteiger partial charge in [0.25, 0.3) is 0 Å². The van der Waals surface area contributed by atoms with Crippen LogP contribution in [0.5, 0.6) is 0 Å². The van der Waals surface area contributed by atoms with Crippen LogP contribution in [0, 0.1) is 5.92 Å². The second kappa shape index (κ2) is 11.3. The number of nitrogens with one attached hydrogen (secondary N) is 1. The number of hydrogen-bond acceptors (Lipinski definition) is 3. The van der Waals surface area contributed by atoms with Crippen LogP contribution in [0.1, 0.15) is 16.9 Å². The van der Waals surface area contributed by atoms with Gasteiger partial charge in [-0.3, -0.25) is 4.99 Å². The lowest BCUT2D eigenvalue weighted by atomic mass is 10.1. The number of guanidine groups is 1. The SMILES string of the molecule is CN=C(NCc1ccc(Br)s1)N1CCC(COCc2ccccc2)C1.I. The van der Waals surface area contributed by atoms with Crippen molar-refractivity contribution in [1.29, 1.82) is 0 Å². The molecule has 2 aromatic rings. The van der Waals surface area contributed by atoms with E-state index < -0.39 is 0 Å². The fourth-order valence-electron chi connectivity index (χ4n) is 3.02. The molecule has 1 fully saturated rings. The van der Waals surface area contributed by atoms with Gasteiger partial charge >= 0.3 is 0 Å². The van der Waals surface area contributed by atoms with Gasteiger partial charge in [0, 0.05) is 30.9 Å². The molecule has 1 atom stereocenters. The molecule has 0 saturated carbocycles. The van der Waals surface area contributed by atoms with E-state index >= 15 is 0 Å². The number of ether oxygens (including phenoxy) is 1. The standard InChI is InChI=1S/C19H24BrN3OS.HI/c1-21-19(22-11-17-7-8-18(20)25-17)23-10-9-16(12-23)14-24-13-15-5-3-2-4-6-15;/h2-8,16H,9-14H2,1H3,(H,21,22);1H. The monoisotopic (exact) mass is 549 g/mol. The van der Waals surface area contributed by atoms with Crippen molar-refractivity contribution in [2.24, 2.45) is 10.9 Å². The fraction of sp³-hybridized carbons (Fsp3) is 0.421. The molecule has 0 aliphatic carbocycles. The van der Waals surface area contributed by atoms with Gasteiger partial charge in [-0.25, -0.2) is 0 Å². The molecule has 1 aromatic heterocycles. The topological polar surface area (TPSA) is 36.9 Å². The van der Waals surface area contributed by atoms with E-state index in [0.29, 0.717) is 12.5 Å². The highest BCUT2D eigenvalue weighted by Gasteiger charge is 2.25. The summed E-state index contributed by atoms with van der Waals surface area (Å²) in [7, 11) is 1.85. The molecule has 1 aromatic carbocycles. The van der Waals surface area contributed by atoms with Gasteiger partial charge in [0.05, 0.1) is 23.5 Å². The van der Waals surface area contributed by atoms with E-state index in [2.05, 4.69) is 67.5 Å². The summed E-state index contributed by atoms with van der Waals surface area (Å²) in [4.78, 5) is 8.07. The van der Waals surface area contributed by atoms with Crippen molar-refractivity contribution in [2.75, 3.05) is 26.7 Å². The van der Waals surface area contributed by atoms with E-state index in [1.807, 2.05) is 13.1 Å². The van der Waals surface area contributed by atoms with Crippen LogP contribution in [0.4, 0.5) is 0 Å². The van der Waals surface area contributed by atoms with E-state index in [1.165, 1.54) is 10.4 Å². The Morgan fingerprint density at radius 3 is 2.81 bits per heavy atom. The number of rotatable bonds is 6. The highest BCUT2D eigenvalue weighted by Crippen LogP contribution is 2.22. The average molecular weight is 550 g/mol. The molecule has 3 rings (SSSR count).